The standard InChI is InChI=1S/C16H34N2/c1-3-5-6-7-8-9-10-13-18-14-11-12-16(18)15-17-4-2/h16-17H,3-15H2,1-2H3. The monoisotopic (exact) mass is 254 g/mol. The van der Waals surface area contributed by atoms with E-state index in [1.807, 2.05) is 0 Å². The fraction of sp³-hybridized carbons (Fsp3) is 1.00. The summed E-state index contributed by atoms with van der Waals surface area (Å²) in [4.78, 5) is 2.72. The van der Waals surface area contributed by atoms with Gasteiger partial charge in [-0.3, -0.25) is 4.90 Å². The van der Waals surface area contributed by atoms with Crippen LogP contribution in [0.1, 0.15) is 71.6 Å². The van der Waals surface area contributed by atoms with Crippen LogP contribution in [0.25, 0.3) is 0 Å². The van der Waals surface area contributed by atoms with Crippen LogP contribution in [0, 0.1) is 0 Å². The minimum Gasteiger partial charge on any atom is -0.315 e. The fourth-order valence-corrected chi connectivity index (χ4v) is 3.00. The molecule has 1 saturated heterocycles. The minimum atomic E-state index is 0.824. The maximum atomic E-state index is 3.50. The predicted molar refractivity (Wildman–Crippen MR) is 81.1 cm³/mol. The molecule has 0 bridgehead atoms. The van der Waals surface area contributed by atoms with Crippen LogP contribution in [-0.4, -0.2) is 37.1 Å². The Kier molecular flexibility index (Phi) is 9.59. The highest BCUT2D eigenvalue weighted by atomic mass is 15.2. The molecular formula is C16H34N2. The first kappa shape index (κ1) is 16.0. The van der Waals surface area contributed by atoms with Gasteiger partial charge in [-0.25, -0.2) is 0 Å². The van der Waals surface area contributed by atoms with Crippen molar-refractivity contribution in [2.24, 2.45) is 0 Å². The van der Waals surface area contributed by atoms with E-state index in [1.165, 1.54) is 77.4 Å². The number of nitrogens with zero attached hydrogens (tertiary/aromatic N) is 1. The van der Waals surface area contributed by atoms with Crippen molar-refractivity contribution in [3.8, 4) is 0 Å². The van der Waals surface area contributed by atoms with E-state index in [-0.39, 0.29) is 0 Å². The molecule has 0 aliphatic carbocycles. The first-order valence-electron chi connectivity index (χ1n) is 8.33. The smallest absolute Gasteiger partial charge is 0.0221 e. The van der Waals surface area contributed by atoms with Crippen LogP contribution in [0.15, 0.2) is 0 Å². The molecule has 0 aromatic heterocycles. The Morgan fingerprint density at radius 1 is 1.00 bits per heavy atom. The van der Waals surface area contributed by atoms with E-state index in [0.717, 1.165) is 12.6 Å². The van der Waals surface area contributed by atoms with Gasteiger partial charge in [0.2, 0.25) is 0 Å². The van der Waals surface area contributed by atoms with Crippen LogP contribution in [0.4, 0.5) is 0 Å². The minimum absolute atomic E-state index is 0.824. The van der Waals surface area contributed by atoms with Crippen molar-refractivity contribution in [1.82, 2.24) is 10.2 Å². The summed E-state index contributed by atoms with van der Waals surface area (Å²) in [5.41, 5.74) is 0. The molecule has 1 aliphatic heterocycles. The largest absolute Gasteiger partial charge is 0.315 e. The molecule has 1 N–H and O–H groups in total. The second kappa shape index (κ2) is 10.8. The third-order valence-electron chi connectivity index (χ3n) is 4.18. The maximum Gasteiger partial charge on any atom is 0.0221 e. The molecule has 1 heterocycles. The lowest BCUT2D eigenvalue weighted by Crippen LogP contribution is -2.38. The zero-order chi connectivity index (χ0) is 13.1. The topological polar surface area (TPSA) is 15.3 Å². The Morgan fingerprint density at radius 3 is 2.44 bits per heavy atom. The van der Waals surface area contributed by atoms with Crippen molar-refractivity contribution in [2.45, 2.75) is 77.7 Å². The summed E-state index contributed by atoms with van der Waals surface area (Å²) in [6, 6.07) is 0.824. The number of hydrogen-bond acceptors (Lipinski definition) is 2. The number of likely N-dealkylation sites (N-methyl/N-ethyl adjacent to an activating group) is 1. The number of rotatable bonds is 11. The van der Waals surface area contributed by atoms with E-state index in [9.17, 15) is 0 Å². The lowest BCUT2D eigenvalue weighted by molar-refractivity contribution is 0.242. The molecule has 1 rings (SSSR count). The lowest BCUT2D eigenvalue weighted by atomic mass is 10.1. The molecule has 2 nitrogen and oxygen atoms in total. The molecule has 108 valence electrons. The van der Waals surface area contributed by atoms with Crippen LogP contribution in [-0.2, 0) is 0 Å². The Morgan fingerprint density at radius 2 is 1.72 bits per heavy atom. The van der Waals surface area contributed by atoms with Gasteiger partial charge >= 0.3 is 0 Å². The van der Waals surface area contributed by atoms with Crippen LogP contribution < -0.4 is 5.32 Å². The predicted octanol–water partition coefficient (Wildman–Crippen LogP) is 3.81. The van der Waals surface area contributed by atoms with E-state index in [4.69, 9.17) is 0 Å². The second-order valence-corrected chi connectivity index (χ2v) is 5.76. The van der Waals surface area contributed by atoms with E-state index in [2.05, 4.69) is 24.1 Å². The molecule has 1 unspecified atom stereocenters. The number of hydrogen-bond donors (Lipinski definition) is 1. The Hall–Kier alpha value is -0.0800. The van der Waals surface area contributed by atoms with Crippen LogP contribution in [0.3, 0.4) is 0 Å². The third kappa shape index (κ3) is 6.75. The molecule has 18 heavy (non-hydrogen) atoms. The zero-order valence-corrected chi connectivity index (χ0v) is 12.7. The van der Waals surface area contributed by atoms with E-state index < -0.39 is 0 Å². The van der Waals surface area contributed by atoms with Crippen molar-refractivity contribution < 1.29 is 0 Å². The Labute approximate surface area is 115 Å². The van der Waals surface area contributed by atoms with Crippen molar-refractivity contribution in [3.63, 3.8) is 0 Å². The van der Waals surface area contributed by atoms with Gasteiger partial charge < -0.3 is 5.32 Å². The average molecular weight is 254 g/mol. The molecule has 1 fully saturated rings. The highest BCUT2D eigenvalue weighted by Gasteiger charge is 2.22. The normalized spacial score (nSPS) is 20.7. The SMILES string of the molecule is CCCCCCCCCN1CCCC1CNCC. The second-order valence-electron chi connectivity index (χ2n) is 5.76. The van der Waals surface area contributed by atoms with E-state index >= 15 is 0 Å². The molecule has 0 radical (unpaired) electrons. The first-order valence-corrected chi connectivity index (χ1v) is 8.33. The molecular weight excluding hydrogens is 220 g/mol. The number of likely N-dealkylation sites (tertiary alicyclic amines) is 1. The summed E-state index contributed by atoms with van der Waals surface area (Å²) >= 11 is 0. The van der Waals surface area contributed by atoms with Crippen LogP contribution in [0.5, 0.6) is 0 Å². The van der Waals surface area contributed by atoms with Gasteiger partial charge in [-0.15, -0.1) is 0 Å². The first-order chi connectivity index (χ1) is 8.88. The van der Waals surface area contributed by atoms with Gasteiger partial charge in [0, 0.05) is 12.6 Å². The third-order valence-corrected chi connectivity index (χ3v) is 4.18. The number of nitrogens with one attached hydrogen (secondary N) is 1. The molecule has 0 spiro atoms. The lowest BCUT2D eigenvalue weighted by Gasteiger charge is -2.24. The van der Waals surface area contributed by atoms with Crippen molar-refractivity contribution >= 4 is 0 Å². The highest BCUT2D eigenvalue weighted by Crippen LogP contribution is 2.17. The molecule has 0 aromatic rings. The van der Waals surface area contributed by atoms with Crippen molar-refractivity contribution in [2.75, 3.05) is 26.2 Å². The summed E-state index contributed by atoms with van der Waals surface area (Å²) in [5.74, 6) is 0. The van der Waals surface area contributed by atoms with Gasteiger partial charge in [0.25, 0.3) is 0 Å². The maximum absolute atomic E-state index is 3.50. The summed E-state index contributed by atoms with van der Waals surface area (Å²) in [6.07, 6.45) is 12.8. The number of unbranched alkanes of at least 4 members (excludes halogenated alkanes) is 6. The van der Waals surface area contributed by atoms with Gasteiger partial charge in [-0.2, -0.15) is 0 Å². The van der Waals surface area contributed by atoms with Gasteiger partial charge in [0.15, 0.2) is 0 Å². The van der Waals surface area contributed by atoms with Crippen molar-refractivity contribution in [1.29, 1.82) is 0 Å². The van der Waals surface area contributed by atoms with Crippen molar-refractivity contribution in [3.05, 3.63) is 0 Å². The van der Waals surface area contributed by atoms with E-state index in [1.54, 1.807) is 0 Å². The van der Waals surface area contributed by atoms with Gasteiger partial charge in [0.05, 0.1) is 0 Å². The van der Waals surface area contributed by atoms with Gasteiger partial charge in [0.1, 0.15) is 0 Å². The zero-order valence-electron chi connectivity index (χ0n) is 12.7. The molecule has 0 amide bonds. The van der Waals surface area contributed by atoms with Gasteiger partial charge in [-0.1, -0.05) is 52.4 Å². The molecule has 1 atom stereocenters. The summed E-state index contributed by atoms with van der Waals surface area (Å²) in [5, 5.41) is 3.50. The summed E-state index contributed by atoms with van der Waals surface area (Å²) in [6.45, 7) is 9.48. The molecule has 0 aromatic carbocycles. The molecule has 1 aliphatic rings. The highest BCUT2D eigenvalue weighted by molar-refractivity contribution is 4.80. The van der Waals surface area contributed by atoms with Gasteiger partial charge in [-0.05, 0) is 38.9 Å². The van der Waals surface area contributed by atoms with Crippen LogP contribution >= 0.6 is 0 Å². The van der Waals surface area contributed by atoms with E-state index in [0.29, 0.717) is 0 Å². The summed E-state index contributed by atoms with van der Waals surface area (Å²) in [7, 11) is 0. The average Bonchev–Trinajstić information content (AvgIpc) is 2.83. The Bertz CT molecular complexity index is 182. The molecule has 0 saturated carbocycles. The quantitative estimate of drug-likeness (QED) is 0.564. The molecule has 2 heteroatoms. The fourth-order valence-electron chi connectivity index (χ4n) is 3.00. The van der Waals surface area contributed by atoms with Crippen LogP contribution in [0.2, 0.25) is 0 Å². The Balaban J connectivity index is 1.97. The summed E-state index contributed by atoms with van der Waals surface area (Å²) < 4.78 is 0.